The van der Waals surface area contributed by atoms with Crippen LogP contribution in [0, 0.1) is 6.92 Å². The van der Waals surface area contributed by atoms with Crippen molar-refractivity contribution in [2.75, 3.05) is 0 Å². The lowest BCUT2D eigenvalue weighted by Gasteiger charge is -2.12. The van der Waals surface area contributed by atoms with Gasteiger partial charge in [0.05, 0.1) is 17.1 Å². The molecule has 1 amide bonds. The third kappa shape index (κ3) is 3.17. The van der Waals surface area contributed by atoms with Gasteiger partial charge in [-0.05, 0) is 19.1 Å². The maximum Gasteiger partial charge on any atom is 0.326 e. The summed E-state index contributed by atoms with van der Waals surface area (Å²) in [5.74, 6) is -3.49. The van der Waals surface area contributed by atoms with Gasteiger partial charge in [-0.1, -0.05) is 11.6 Å². The molecule has 1 unspecified atom stereocenters. The van der Waals surface area contributed by atoms with Gasteiger partial charge in [0.2, 0.25) is 0 Å². The van der Waals surface area contributed by atoms with Crippen LogP contribution in [0.1, 0.15) is 22.6 Å². The van der Waals surface area contributed by atoms with Gasteiger partial charge in [-0.15, -0.1) is 0 Å². The zero-order valence-corrected chi connectivity index (χ0v) is 12.2. The molecule has 0 spiro atoms. The van der Waals surface area contributed by atoms with Gasteiger partial charge in [0.25, 0.3) is 5.91 Å². The molecule has 9 heteroatoms. The van der Waals surface area contributed by atoms with Crippen LogP contribution in [0.15, 0.2) is 18.3 Å². The first-order valence-electron chi connectivity index (χ1n) is 6.19. The first-order chi connectivity index (χ1) is 10.3. The number of aromatic nitrogens is 2. The zero-order valence-electron chi connectivity index (χ0n) is 11.4. The number of carboxylic acid groups (broad SMARTS) is 2. The highest BCUT2D eigenvalue weighted by molar-refractivity contribution is 6.30. The molecule has 8 nitrogen and oxygen atoms in total. The van der Waals surface area contributed by atoms with Gasteiger partial charge < -0.3 is 15.5 Å². The van der Waals surface area contributed by atoms with Crippen molar-refractivity contribution in [2.45, 2.75) is 19.4 Å². The van der Waals surface area contributed by atoms with E-state index in [1.807, 2.05) is 0 Å². The van der Waals surface area contributed by atoms with Crippen molar-refractivity contribution in [1.29, 1.82) is 0 Å². The van der Waals surface area contributed by atoms with Crippen LogP contribution in [-0.4, -0.2) is 43.5 Å². The van der Waals surface area contributed by atoms with Crippen LogP contribution in [0.5, 0.6) is 0 Å². The average molecular weight is 326 g/mol. The van der Waals surface area contributed by atoms with Crippen molar-refractivity contribution >= 4 is 35.1 Å². The number of amides is 1. The van der Waals surface area contributed by atoms with E-state index in [0.29, 0.717) is 16.4 Å². The first kappa shape index (κ1) is 15.8. The molecule has 0 fully saturated rings. The van der Waals surface area contributed by atoms with E-state index >= 15 is 0 Å². The Balaban J connectivity index is 2.36. The van der Waals surface area contributed by atoms with Crippen molar-refractivity contribution in [3.8, 4) is 0 Å². The fourth-order valence-electron chi connectivity index (χ4n) is 2.01. The summed E-state index contributed by atoms with van der Waals surface area (Å²) in [6.45, 7) is 1.59. The fourth-order valence-corrected chi connectivity index (χ4v) is 2.17. The number of nitrogens with one attached hydrogen (secondary N) is 1. The highest BCUT2D eigenvalue weighted by atomic mass is 35.5. The van der Waals surface area contributed by atoms with Crippen LogP contribution in [-0.2, 0) is 9.59 Å². The van der Waals surface area contributed by atoms with Gasteiger partial charge in [-0.2, -0.15) is 0 Å². The Kier molecular flexibility index (Phi) is 4.32. The number of carbonyl (C=O) groups is 3. The van der Waals surface area contributed by atoms with Gasteiger partial charge in [-0.25, -0.2) is 9.78 Å². The second kappa shape index (κ2) is 6.02. The number of halogens is 1. The van der Waals surface area contributed by atoms with E-state index in [-0.39, 0.29) is 5.69 Å². The molecule has 1 atom stereocenters. The summed E-state index contributed by atoms with van der Waals surface area (Å²) >= 11 is 5.88. The number of pyridine rings is 1. The Morgan fingerprint density at radius 3 is 2.64 bits per heavy atom. The highest BCUT2D eigenvalue weighted by Crippen LogP contribution is 2.16. The molecule has 2 rings (SSSR count). The highest BCUT2D eigenvalue weighted by Gasteiger charge is 2.26. The van der Waals surface area contributed by atoms with Gasteiger partial charge >= 0.3 is 11.9 Å². The molecular weight excluding hydrogens is 314 g/mol. The number of fused-ring (bicyclic) bond motifs is 1. The summed E-state index contributed by atoms with van der Waals surface area (Å²) in [7, 11) is 0. The van der Waals surface area contributed by atoms with E-state index in [0.717, 1.165) is 0 Å². The molecule has 0 saturated carbocycles. The normalized spacial score (nSPS) is 12.1. The predicted molar refractivity (Wildman–Crippen MR) is 76.1 cm³/mol. The van der Waals surface area contributed by atoms with Crippen LogP contribution >= 0.6 is 11.6 Å². The molecule has 116 valence electrons. The molecule has 0 saturated heterocycles. The summed E-state index contributed by atoms with van der Waals surface area (Å²) < 4.78 is 1.42. The van der Waals surface area contributed by atoms with E-state index in [9.17, 15) is 14.4 Å². The van der Waals surface area contributed by atoms with Crippen LogP contribution in [0.2, 0.25) is 5.02 Å². The average Bonchev–Trinajstić information content (AvgIpc) is 2.72. The van der Waals surface area contributed by atoms with E-state index in [2.05, 4.69) is 10.3 Å². The molecular formula is C13H12ClN3O5. The maximum absolute atomic E-state index is 12.3. The number of aryl methyl sites for hydroxylation is 1. The summed E-state index contributed by atoms with van der Waals surface area (Å²) in [6, 6.07) is 1.68. The number of rotatable bonds is 5. The minimum Gasteiger partial charge on any atom is -0.481 e. The molecule has 0 aliphatic heterocycles. The Morgan fingerprint density at radius 1 is 1.36 bits per heavy atom. The van der Waals surface area contributed by atoms with Crippen molar-refractivity contribution in [2.24, 2.45) is 0 Å². The molecule has 2 aromatic rings. The molecule has 3 N–H and O–H groups in total. The van der Waals surface area contributed by atoms with Crippen LogP contribution in [0.25, 0.3) is 5.65 Å². The second-order valence-corrected chi connectivity index (χ2v) is 5.02. The number of hydrogen-bond acceptors (Lipinski definition) is 4. The minimum absolute atomic E-state index is 0.106. The van der Waals surface area contributed by atoms with Crippen molar-refractivity contribution < 1.29 is 24.6 Å². The molecule has 2 aromatic heterocycles. The second-order valence-electron chi connectivity index (χ2n) is 4.58. The Bertz CT molecular complexity index is 770. The molecule has 0 aromatic carbocycles. The predicted octanol–water partition coefficient (Wildman–Crippen LogP) is 0.954. The largest absolute Gasteiger partial charge is 0.481 e. The molecule has 0 radical (unpaired) electrons. The summed E-state index contributed by atoms with van der Waals surface area (Å²) in [5.41, 5.74) is 0.950. The lowest BCUT2D eigenvalue weighted by atomic mass is 10.2. The lowest BCUT2D eigenvalue weighted by Crippen LogP contribution is -2.42. The SMILES string of the molecule is Cc1nc2ccc(Cl)cn2c1C(=O)NC(CC(=O)O)C(=O)O. The van der Waals surface area contributed by atoms with Crippen LogP contribution in [0.3, 0.4) is 0 Å². The zero-order chi connectivity index (χ0) is 16.4. The fraction of sp³-hybridized carbons (Fsp3) is 0.231. The van der Waals surface area contributed by atoms with E-state index in [1.165, 1.54) is 10.6 Å². The molecule has 2 heterocycles. The standard InChI is InChI=1S/C13H12ClN3O5/c1-6-11(17-5-7(14)2-3-9(17)15-6)12(20)16-8(13(21)22)4-10(18)19/h2-3,5,8H,4H2,1H3,(H,16,20)(H,18,19)(H,21,22). The summed E-state index contributed by atoms with van der Waals surface area (Å²) in [6.07, 6.45) is 0.746. The molecule has 0 aliphatic rings. The molecule has 0 aliphatic carbocycles. The topological polar surface area (TPSA) is 121 Å². The third-order valence-electron chi connectivity index (χ3n) is 2.95. The Labute approximate surface area is 129 Å². The van der Waals surface area contributed by atoms with Crippen molar-refractivity contribution in [3.05, 3.63) is 34.7 Å². The molecule has 0 bridgehead atoms. The Morgan fingerprint density at radius 2 is 2.05 bits per heavy atom. The van der Waals surface area contributed by atoms with Crippen molar-refractivity contribution in [3.63, 3.8) is 0 Å². The number of aliphatic carboxylic acids is 2. The third-order valence-corrected chi connectivity index (χ3v) is 3.18. The number of hydrogen-bond donors (Lipinski definition) is 3. The summed E-state index contributed by atoms with van der Waals surface area (Å²) in [5, 5.41) is 20.2. The van der Waals surface area contributed by atoms with Gasteiger partial charge in [0.1, 0.15) is 17.4 Å². The summed E-state index contributed by atoms with van der Waals surface area (Å²) in [4.78, 5) is 38.1. The van der Waals surface area contributed by atoms with Crippen LogP contribution < -0.4 is 5.32 Å². The monoisotopic (exact) mass is 325 g/mol. The first-order valence-corrected chi connectivity index (χ1v) is 6.57. The van der Waals surface area contributed by atoms with Gasteiger partial charge in [0.15, 0.2) is 0 Å². The number of carbonyl (C=O) groups excluding carboxylic acids is 1. The number of carboxylic acids is 2. The minimum atomic E-state index is -1.53. The Hall–Kier alpha value is -2.61. The van der Waals surface area contributed by atoms with E-state index in [1.54, 1.807) is 19.1 Å². The smallest absolute Gasteiger partial charge is 0.326 e. The van der Waals surface area contributed by atoms with Gasteiger partial charge in [-0.3, -0.25) is 14.0 Å². The van der Waals surface area contributed by atoms with Gasteiger partial charge in [0, 0.05) is 6.20 Å². The van der Waals surface area contributed by atoms with E-state index < -0.39 is 30.3 Å². The van der Waals surface area contributed by atoms with E-state index in [4.69, 9.17) is 21.8 Å². The number of nitrogens with zero attached hydrogens (tertiary/aromatic N) is 2. The van der Waals surface area contributed by atoms with Crippen molar-refractivity contribution in [1.82, 2.24) is 14.7 Å². The maximum atomic E-state index is 12.3. The quantitative estimate of drug-likeness (QED) is 0.752. The molecule has 22 heavy (non-hydrogen) atoms. The number of imidazole rings is 1. The lowest BCUT2D eigenvalue weighted by molar-refractivity contribution is -0.145. The van der Waals surface area contributed by atoms with Crippen LogP contribution in [0.4, 0.5) is 0 Å².